The van der Waals surface area contributed by atoms with Crippen molar-refractivity contribution >= 4 is 5.91 Å². The van der Waals surface area contributed by atoms with E-state index in [0.29, 0.717) is 6.04 Å². The first-order chi connectivity index (χ1) is 6.75. The van der Waals surface area contributed by atoms with Crippen molar-refractivity contribution < 1.29 is 4.79 Å². The average molecular weight is 192 g/mol. The van der Waals surface area contributed by atoms with Crippen LogP contribution in [0.25, 0.3) is 0 Å². The van der Waals surface area contributed by atoms with Crippen molar-refractivity contribution in [2.75, 3.05) is 0 Å². The highest BCUT2D eigenvalue weighted by atomic mass is 16.2. The molecule has 1 aliphatic carbocycles. The molecule has 1 fully saturated rings. The van der Waals surface area contributed by atoms with E-state index in [2.05, 4.69) is 5.32 Å². The van der Waals surface area contributed by atoms with Crippen LogP contribution in [0.5, 0.6) is 0 Å². The molecule has 1 aromatic heterocycles. The molecule has 0 aromatic carbocycles. The first kappa shape index (κ1) is 8.99. The number of carbonyl (C=O) groups is 1. The lowest BCUT2D eigenvalue weighted by molar-refractivity contribution is -0.121. The molecule has 4 nitrogen and oxygen atoms in total. The van der Waals surface area contributed by atoms with E-state index >= 15 is 0 Å². The summed E-state index contributed by atoms with van der Waals surface area (Å²) in [6.45, 7) is 0.121. The highest BCUT2D eigenvalue weighted by Gasteiger charge is 2.23. The number of aromatic nitrogens is 1. The Bertz CT molecular complexity index is 393. The molecule has 0 unspecified atom stereocenters. The minimum Gasteiger partial charge on any atom is -0.352 e. The van der Waals surface area contributed by atoms with E-state index in [4.69, 9.17) is 0 Å². The van der Waals surface area contributed by atoms with E-state index in [0.717, 1.165) is 12.8 Å². The smallest absolute Gasteiger partial charge is 0.250 e. The molecule has 1 N–H and O–H groups in total. The predicted octanol–water partition coefficient (Wildman–Crippen LogP) is 0.127. The first-order valence-corrected chi connectivity index (χ1v) is 4.70. The Morgan fingerprint density at radius 2 is 2.29 bits per heavy atom. The molecule has 1 amide bonds. The third kappa shape index (κ3) is 2.22. The standard InChI is InChI=1S/C10H12N2O2/c13-9(11-8-4-5-8)7-12-6-2-1-3-10(12)14/h1-3,6,8H,4-5,7H2,(H,11,13). The Kier molecular flexibility index (Phi) is 2.35. The zero-order valence-electron chi connectivity index (χ0n) is 7.77. The number of hydrogen-bond donors (Lipinski definition) is 1. The Hall–Kier alpha value is -1.58. The van der Waals surface area contributed by atoms with Gasteiger partial charge in [0.15, 0.2) is 0 Å². The lowest BCUT2D eigenvalue weighted by Crippen LogP contribution is -2.32. The van der Waals surface area contributed by atoms with Crippen molar-refractivity contribution in [1.82, 2.24) is 9.88 Å². The average Bonchev–Trinajstić information content (AvgIpc) is 2.93. The monoisotopic (exact) mass is 192 g/mol. The van der Waals surface area contributed by atoms with Gasteiger partial charge in [-0.05, 0) is 18.9 Å². The molecular formula is C10H12N2O2. The van der Waals surface area contributed by atoms with Gasteiger partial charge in [0.05, 0.1) is 0 Å². The summed E-state index contributed by atoms with van der Waals surface area (Å²) in [5.41, 5.74) is -0.140. The van der Waals surface area contributed by atoms with Crippen LogP contribution < -0.4 is 10.9 Å². The van der Waals surface area contributed by atoms with Crippen LogP contribution in [0.4, 0.5) is 0 Å². The van der Waals surface area contributed by atoms with Crippen LogP contribution in [0.3, 0.4) is 0 Å². The third-order valence-corrected chi connectivity index (χ3v) is 2.16. The molecule has 0 bridgehead atoms. The van der Waals surface area contributed by atoms with Gasteiger partial charge in [-0.25, -0.2) is 0 Å². The van der Waals surface area contributed by atoms with Crippen molar-refractivity contribution in [2.24, 2.45) is 0 Å². The van der Waals surface area contributed by atoms with Gasteiger partial charge < -0.3 is 9.88 Å². The van der Waals surface area contributed by atoms with E-state index in [9.17, 15) is 9.59 Å². The fourth-order valence-electron chi connectivity index (χ4n) is 1.25. The molecular weight excluding hydrogens is 180 g/mol. The van der Waals surface area contributed by atoms with Gasteiger partial charge in [0.1, 0.15) is 6.54 Å². The van der Waals surface area contributed by atoms with Gasteiger partial charge in [0.25, 0.3) is 5.56 Å². The Morgan fingerprint density at radius 1 is 1.50 bits per heavy atom. The van der Waals surface area contributed by atoms with E-state index < -0.39 is 0 Å². The first-order valence-electron chi connectivity index (χ1n) is 4.70. The number of carbonyl (C=O) groups excluding carboxylic acids is 1. The second kappa shape index (κ2) is 3.65. The maximum atomic E-state index is 11.3. The van der Waals surface area contributed by atoms with Crippen LogP contribution in [0.15, 0.2) is 29.2 Å². The Balaban J connectivity index is 1.99. The quantitative estimate of drug-likeness (QED) is 0.740. The summed E-state index contributed by atoms with van der Waals surface area (Å²) in [7, 11) is 0. The molecule has 4 heteroatoms. The molecule has 0 atom stereocenters. The molecule has 14 heavy (non-hydrogen) atoms. The second-order valence-electron chi connectivity index (χ2n) is 3.51. The largest absolute Gasteiger partial charge is 0.352 e. The summed E-state index contributed by atoms with van der Waals surface area (Å²) in [5.74, 6) is -0.0826. The third-order valence-electron chi connectivity index (χ3n) is 2.16. The highest BCUT2D eigenvalue weighted by Crippen LogP contribution is 2.18. The SMILES string of the molecule is O=C(Cn1ccccc1=O)NC1CC1. The van der Waals surface area contributed by atoms with Crippen molar-refractivity contribution in [3.05, 3.63) is 34.7 Å². The van der Waals surface area contributed by atoms with Gasteiger partial charge in [-0.2, -0.15) is 0 Å². The molecule has 1 aromatic rings. The summed E-state index contributed by atoms with van der Waals surface area (Å²) in [6.07, 6.45) is 3.75. The van der Waals surface area contributed by atoms with Gasteiger partial charge >= 0.3 is 0 Å². The zero-order chi connectivity index (χ0) is 9.97. The lowest BCUT2D eigenvalue weighted by Gasteiger charge is -2.05. The van der Waals surface area contributed by atoms with Crippen LogP contribution in [0.2, 0.25) is 0 Å². The highest BCUT2D eigenvalue weighted by molar-refractivity contribution is 5.76. The maximum absolute atomic E-state index is 11.3. The molecule has 74 valence electrons. The van der Waals surface area contributed by atoms with Crippen molar-refractivity contribution in [1.29, 1.82) is 0 Å². The summed E-state index contributed by atoms with van der Waals surface area (Å²) in [4.78, 5) is 22.6. The fourth-order valence-corrected chi connectivity index (χ4v) is 1.25. The second-order valence-corrected chi connectivity index (χ2v) is 3.51. The summed E-state index contributed by atoms with van der Waals surface area (Å²) >= 11 is 0. The maximum Gasteiger partial charge on any atom is 0.250 e. The van der Waals surface area contributed by atoms with Crippen molar-refractivity contribution in [2.45, 2.75) is 25.4 Å². The summed E-state index contributed by atoms with van der Waals surface area (Å²) in [5, 5.41) is 2.83. The number of rotatable bonds is 3. The van der Waals surface area contributed by atoms with Crippen LogP contribution in [-0.4, -0.2) is 16.5 Å². The van der Waals surface area contributed by atoms with E-state index in [1.165, 1.54) is 10.6 Å². The van der Waals surface area contributed by atoms with Crippen LogP contribution in [0, 0.1) is 0 Å². The zero-order valence-corrected chi connectivity index (χ0v) is 7.77. The Labute approximate surface area is 81.6 Å². The lowest BCUT2D eigenvalue weighted by atomic mass is 10.4. The van der Waals surface area contributed by atoms with Gasteiger partial charge in [-0.3, -0.25) is 9.59 Å². The number of nitrogens with zero attached hydrogens (tertiary/aromatic N) is 1. The summed E-state index contributed by atoms with van der Waals surface area (Å²) in [6, 6.07) is 5.20. The predicted molar refractivity (Wildman–Crippen MR) is 51.9 cm³/mol. The van der Waals surface area contributed by atoms with Crippen LogP contribution >= 0.6 is 0 Å². The molecule has 1 saturated carbocycles. The minimum atomic E-state index is -0.140. The van der Waals surface area contributed by atoms with E-state index in [-0.39, 0.29) is 18.0 Å². The molecule has 0 radical (unpaired) electrons. The van der Waals surface area contributed by atoms with E-state index in [1.54, 1.807) is 18.3 Å². The van der Waals surface area contributed by atoms with E-state index in [1.807, 2.05) is 0 Å². The molecule has 1 heterocycles. The molecule has 2 rings (SSSR count). The number of pyridine rings is 1. The van der Waals surface area contributed by atoms with Gasteiger partial charge in [-0.15, -0.1) is 0 Å². The van der Waals surface area contributed by atoms with Crippen LogP contribution in [-0.2, 0) is 11.3 Å². The van der Waals surface area contributed by atoms with Gasteiger partial charge in [-0.1, -0.05) is 6.07 Å². The van der Waals surface area contributed by atoms with Crippen LogP contribution in [0.1, 0.15) is 12.8 Å². The van der Waals surface area contributed by atoms with Crippen molar-refractivity contribution in [3.8, 4) is 0 Å². The summed E-state index contributed by atoms with van der Waals surface area (Å²) < 4.78 is 1.40. The topological polar surface area (TPSA) is 51.1 Å². The molecule has 0 saturated heterocycles. The van der Waals surface area contributed by atoms with Crippen molar-refractivity contribution in [3.63, 3.8) is 0 Å². The van der Waals surface area contributed by atoms with Gasteiger partial charge in [0.2, 0.25) is 5.91 Å². The number of amides is 1. The molecule has 1 aliphatic rings. The molecule has 0 aliphatic heterocycles. The van der Waals surface area contributed by atoms with Gasteiger partial charge in [0, 0.05) is 18.3 Å². The Morgan fingerprint density at radius 3 is 2.93 bits per heavy atom. The molecule has 0 spiro atoms. The minimum absolute atomic E-state index is 0.0826. The fraction of sp³-hybridized carbons (Fsp3) is 0.400. The number of nitrogens with one attached hydrogen (secondary N) is 1. The number of hydrogen-bond acceptors (Lipinski definition) is 2. The normalized spacial score (nSPS) is 15.1.